The molecular weight excluding hydrogens is 264 g/mol. The number of benzene rings is 1. The Morgan fingerprint density at radius 2 is 2.10 bits per heavy atom. The number of esters is 1. The van der Waals surface area contributed by atoms with Crippen LogP contribution in [0.5, 0.6) is 5.75 Å². The fourth-order valence-corrected chi connectivity index (χ4v) is 1.99. The lowest BCUT2D eigenvalue weighted by Gasteiger charge is -2.10. The highest BCUT2D eigenvalue weighted by molar-refractivity contribution is 5.90. The molecule has 3 rings (SSSR count). The van der Waals surface area contributed by atoms with Crippen LogP contribution in [-0.2, 0) is 4.74 Å². The Bertz CT molecular complexity index is 586. The highest BCUT2D eigenvalue weighted by atomic mass is 16.5. The number of ether oxygens (including phenoxy) is 2. The molecule has 3 heteroatoms. The van der Waals surface area contributed by atoms with Crippen molar-refractivity contribution < 1.29 is 14.3 Å². The molecule has 0 N–H and O–H groups in total. The van der Waals surface area contributed by atoms with Crippen LogP contribution in [0.3, 0.4) is 0 Å². The molecule has 3 nitrogen and oxygen atoms in total. The zero-order valence-electron chi connectivity index (χ0n) is 12.4. The van der Waals surface area contributed by atoms with E-state index in [1.54, 1.807) is 19.1 Å². The van der Waals surface area contributed by atoms with Gasteiger partial charge in [-0.2, -0.15) is 0 Å². The van der Waals surface area contributed by atoms with Crippen molar-refractivity contribution >= 4 is 5.97 Å². The quantitative estimate of drug-likeness (QED) is 0.614. The molecule has 0 spiro atoms. The van der Waals surface area contributed by atoms with E-state index < -0.39 is 0 Å². The molecule has 110 valence electrons. The maximum Gasteiger partial charge on any atom is 0.338 e. The highest BCUT2D eigenvalue weighted by Crippen LogP contribution is 2.31. The van der Waals surface area contributed by atoms with Crippen LogP contribution in [-0.4, -0.2) is 19.2 Å². The van der Waals surface area contributed by atoms with E-state index in [4.69, 9.17) is 9.47 Å². The van der Waals surface area contributed by atoms with Gasteiger partial charge >= 0.3 is 5.97 Å². The second kappa shape index (κ2) is 6.22. The molecule has 2 saturated carbocycles. The predicted octanol–water partition coefficient (Wildman–Crippen LogP) is 3.41. The number of carbonyl (C=O) groups is 1. The average molecular weight is 284 g/mol. The average Bonchev–Trinajstić information content (AvgIpc) is 3.38. The number of rotatable bonds is 5. The molecule has 2 aliphatic rings. The van der Waals surface area contributed by atoms with E-state index in [9.17, 15) is 4.79 Å². The van der Waals surface area contributed by atoms with Crippen LogP contribution in [0, 0.1) is 23.7 Å². The highest BCUT2D eigenvalue weighted by Gasteiger charge is 2.23. The van der Waals surface area contributed by atoms with Gasteiger partial charge < -0.3 is 9.47 Å². The van der Waals surface area contributed by atoms with Crippen molar-refractivity contribution in [3.8, 4) is 17.6 Å². The van der Waals surface area contributed by atoms with E-state index >= 15 is 0 Å². The van der Waals surface area contributed by atoms with E-state index in [2.05, 4.69) is 11.8 Å². The maximum absolute atomic E-state index is 11.8. The SMILES string of the molecule is CCOC(=O)c1ccc(C#CC2CC2)c(OCC2CC2)c1. The topological polar surface area (TPSA) is 35.5 Å². The van der Waals surface area contributed by atoms with Gasteiger partial charge in [0.25, 0.3) is 0 Å². The Morgan fingerprint density at radius 1 is 1.29 bits per heavy atom. The lowest BCUT2D eigenvalue weighted by Crippen LogP contribution is -2.07. The van der Waals surface area contributed by atoms with Gasteiger partial charge in [-0.15, -0.1) is 0 Å². The lowest BCUT2D eigenvalue weighted by molar-refractivity contribution is 0.0526. The fraction of sp³-hybridized carbons (Fsp3) is 0.500. The predicted molar refractivity (Wildman–Crippen MR) is 80.2 cm³/mol. The fourth-order valence-electron chi connectivity index (χ4n) is 1.99. The minimum absolute atomic E-state index is 0.310. The molecule has 0 aromatic heterocycles. The Morgan fingerprint density at radius 3 is 2.76 bits per heavy atom. The molecule has 0 atom stereocenters. The van der Waals surface area contributed by atoms with Gasteiger partial charge in [0, 0.05) is 5.92 Å². The molecule has 2 aliphatic carbocycles. The molecule has 21 heavy (non-hydrogen) atoms. The Balaban J connectivity index is 1.79. The van der Waals surface area contributed by atoms with Crippen LogP contribution < -0.4 is 4.74 Å². The van der Waals surface area contributed by atoms with Crippen LogP contribution in [0.4, 0.5) is 0 Å². The van der Waals surface area contributed by atoms with E-state index in [-0.39, 0.29) is 5.97 Å². The smallest absolute Gasteiger partial charge is 0.338 e. The summed E-state index contributed by atoms with van der Waals surface area (Å²) in [6, 6.07) is 5.39. The summed E-state index contributed by atoms with van der Waals surface area (Å²) in [5.74, 6) is 8.05. The molecule has 0 heterocycles. The van der Waals surface area contributed by atoms with Gasteiger partial charge in [0.15, 0.2) is 0 Å². The van der Waals surface area contributed by atoms with Gasteiger partial charge in [0.2, 0.25) is 0 Å². The van der Waals surface area contributed by atoms with Crippen molar-refractivity contribution in [3.05, 3.63) is 29.3 Å². The van der Waals surface area contributed by atoms with Crippen molar-refractivity contribution in [3.63, 3.8) is 0 Å². The van der Waals surface area contributed by atoms with E-state index in [0.29, 0.717) is 36.4 Å². The summed E-state index contributed by atoms with van der Waals surface area (Å²) in [5.41, 5.74) is 1.40. The molecule has 0 saturated heterocycles. The summed E-state index contributed by atoms with van der Waals surface area (Å²) < 4.78 is 10.9. The molecule has 0 radical (unpaired) electrons. The van der Waals surface area contributed by atoms with Crippen molar-refractivity contribution in [1.82, 2.24) is 0 Å². The third kappa shape index (κ3) is 4.01. The Kier molecular flexibility index (Phi) is 4.15. The van der Waals surface area contributed by atoms with Crippen molar-refractivity contribution in [2.75, 3.05) is 13.2 Å². The van der Waals surface area contributed by atoms with E-state index in [0.717, 1.165) is 5.56 Å². The van der Waals surface area contributed by atoms with Crippen LogP contribution in [0.25, 0.3) is 0 Å². The normalized spacial score (nSPS) is 16.8. The van der Waals surface area contributed by atoms with Crippen molar-refractivity contribution in [1.29, 1.82) is 0 Å². The van der Waals surface area contributed by atoms with Crippen molar-refractivity contribution in [2.24, 2.45) is 11.8 Å². The molecule has 1 aromatic carbocycles. The third-order valence-electron chi connectivity index (χ3n) is 3.65. The van der Waals surface area contributed by atoms with Crippen molar-refractivity contribution in [2.45, 2.75) is 32.6 Å². The Hall–Kier alpha value is -1.95. The van der Waals surface area contributed by atoms with Crippen LogP contribution in [0.15, 0.2) is 18.2 Å². The monoisotopic (exact) mass is 284 g/mol. The molecule has 1 aromatic rings. The number of hydrogen-bond acceptors (Lipinski definition) is 3. The maximum atomic E-state index is 11.8. The van der Waals surface area contributed by atoms with Gasteiger partial charge in [-0.25, -0.2) is 4.79 Å². The largest absolute Gasteiger partial charge is 0.492 e. The summed E-state index contributed by atoms with van der Waals surface area (Å²) in [7, 11) is 0. The molecule has 0 aliphatic heterocycles. The summed E-state index contributed by atoms with van der Waals surface area (Å²) >= 11 is 0. The molecule has 0 amide bonds. The Labute approximate surface area is 125 Å². The van der Waals surface area contributed by atoms with Gasteiger partial charge in [-0.05, 0) is 56.7 Å². The molecule has 2 fully saturated rings. The molecule has 0 unspecified atom stereocenters. The first kappa shape index (κ1) is 14.0. The van der Waals surface area contributed by atoms with E-state index in [1.165, 1.54) is 25.7 Å². The standard InChI is InChI=1S/C18H20O3/c1-2-20-18(19)16-10-9-15(8-7-13-3-4-13)17(11-16)21-12-14-5-6-14/h9-11,13-14H,2-6,12H2,1H3. The second-order valence-electron chi connectivity index (χ2n) is 5.73. The van der Waals surface area contributed by atoms with Gasteiger partial charge in [0.1, 0.15) is 5.75 Å². The summed E-state index contributed by atoms with van der Waals surface area (Å²) in [5, 5.41) is 0. The summed E-state index contributed by atoms with van der Waals surface area (Å²) in [6.07, 6.45) is 4.87. The summed E-state index contributed by atoms with van der Waals surface area (Å²) in [6.45, 7) is 2.89. The van der Waals surface area contributed by atoms with Crippen LogP contribution in [0.2, 0.25) is 0 Å². The van der Waals surface area contributed by atoms with E-state index in [1.807, 2.05) is 6.07 Å². The minimum Gasteiger partial charge on any atom is -0.492 e. The second-order valence-corrected chi connectivity index (χ2v) is 5.73. The minimum atomic E-state index is -0.310. The molecular formula is C18H20O3. The first-order chi connectivity index (χ1) is 10.3. The van der Waals surface area contributed by atoms with Crippen LogP contribution in [0.1, 0.15) is 48.5 Å². The number of carbonyl (C=O) groups excluding carboxylic acids is 1. The molecule has 0 bridgehead atoms. The van der Waals surface area contributed by atoms with Gasteiger partial charge in [-0.1, -0.05) is 11.8 Å². The van der Waals surface area contributed by atoms with Gasteiger partial charge in [-0.3, -0.25) is 0 Å². The lowest BCUT2D eigenvalue weighted by atomic mass is 10.1. The summed E-state index contributed by atoms with van der Waals surface area (Å²) in [4.78, 5) is 11.8. The zero-order chi connectivity index (χ0) is 14.7. The van der Waals surface area contributed by atoms with Crippen LogP contribution >= 0.6 is 0 Å². The zero-order valence-corrected chi connectivity index (χ0v) is 12.4. The third-order valence-corrected chi connectivity index (χ3v) is 3.65. The number of hydrogen-bond donors (Lipinski definition) is 0. The van der Waals surface area contributed by atoms with Gasteiger partial charge in [0.05, 0.1) is 24.3 Å². The first-order valence-electron chi connectivity index (χ1n) is 7.71. The first-order valence-corrected chi connectivity index (χ1v) is 7.71.